The predicted molar refractivity (Wildman–Crippen MR) is 47.2 cm³/mol. The minimum Gasteiger partial charge on any atom is -0.481 e. The van der Waals surface area contributed by atoms with Gasteiger partial charge in [-0.3, -0.25) is 4.79 Å². The van der Waals surface area contributed by atoms with Gasteiger partial charge in [-0.2, -0.15) is 4.39 Å². The fraction of sp³-hybridized carbons (Fsp3) is 0.333. The number of aromatic nitrogens is 1. The van der Waals surface area contributed by atoms with Gasteiger partial charge in [-0.1, -0.05) is 0 Å². The van der Waals surface area contributed by atoms with E-state index >= 15 is 0 Å². The molecule has 0 aliphatic rings. The van der Waals surface area contributed by atoms with Gasteiger partial charge < -0.3 is 9.84 Å². The van der Waals surface area contributed by atoms with Crippen LogP contribution >= 0.6 is 0 Å². The van der Waals surface area contributed by atoms with Gasteiger partial charge in [0, 0.05) is 0 Å². The number of alkyl halides is 5. The molecule has 19 heavy (non-hydrogen) atoms. The van der Waals surface area contributed by atoms with Crippen LogP contribution in [-0.2, 0) is 11.2 Å². The molecule has 4 nitrogen and oxygen atoms in total. The molecule has 0 radical (unpaired) electrons. The summed E-state index contributed by atoms with van der Waals surface area (Å²) in [5.74, 6) is -5.22. The second-order valence-electron chi connectivity index (χ2n) is 3.24. The van der Waals surface area contributed by atoms with Crippen molar-refractivity contribution in [2.75, 3.05) is 0 Å². The molecule has 0 aliphatic heterocycles. The number of carboxylic acids is 1. The summed E-state index contributed by atoms with van der Waals surface area (Å²) in [6.45, 7) is 0. The average molecular weight is 289 g/mol. The largest absolute Gasteiger partial charge is 0.573 e. The van der Waals surface area contributed by atoms with Crippen LogP contribution in [0.1, 0.15) is 17.7 Å². The van der Waals surface area contributed by atoms with Gasteiger partial charge >= 0.3 is 12.3 Å². The number of pyridine rings is 1. The molecule has 0 fully saturated rings. The highest BCUT2D eigenvalue weighted by Crippen LogP contribution is 2.34. The maximum atomic E-state index is 13.2. The summed E-state index contributed by atoms with van der Waals surface area (Å²) in [5.41, 5.74) is -2.06. The highest BCUT2D eigenvalue weighted by Gasteiger charge is 2.35. The van der Waals surface area contributed by atoms with Crippen molar-refractivity contribution in [2.45, 2.75) is 19.2 Å². The van der Waals surface area contributed by atoms with Crippen LogP contribution in [0.25, 0.3) is 0 Å². The van der Waals surface area contributed by atoms with E-state index in [-0.39, 0.29) is 0 Å². The van der Waals surface area contributed by atoms with Crippen LogP contribution in [0, 0.1) is 5.95 Å². The van der Waals surface area contributed by atoms with Crippen LogP contribution in [-0.4, -0.2) is 22.4 Å². The molecule has 0 bridgehead atoms. The van der Waals surface area contributed by atoms with Crippen molar-refractivity contribution in [1.82, 2.24) is 4.98 Å². The first-order chi connectivity index (χ1) is 8.60. The Balaban J connectivity index is 3.27. The van der Waals surface area contributed by atoms with Gasteiger partial charge in [0.05, 0.1) is 17.7 Å². The van der Waals surface area contributed by atoms with Gasteiger partial charge in [-0.05, 0) is 6.07 Å². The SMILES string of the molecule is O=C(O)Cc1cc(C(F)F)c(OC(F)(F)F)c(F)n1. The number of ether oxygens (including phenoxy) is 1. The highest BCUT2D eigenvalue weighted by molar-refractivity contribution is 5.69. The number of carbonyl (C=O) groups is 1. The number of hydrogen-bond donors (Lipinski definition) is 1. The lowest BCUT2D eigenvalue weighted by molar-refractivity contribution is -0.276. The number of hydrogen-bond acceptors (Lipinski definition) is 3. The van der Waals surface area contributed by atoms with Gasteiger partial charge in [0.15, 0.2) is 5.75 Å². The van der Waals surface area contributed by atoms with E-state index in [4.69, 9.17) is 5.11 Å². The first-order valence-corrected chi connectivity index (χ1v) is 4.55. The Hall–Kier alpha value is -2.00. The molecular weight excluding hydrogens is 284 g/mol. The molecule has 106 valence electrons. The van der Waals surface area contributed by atoms with Gasteiger partial charge in [0.1, 0.15) is 0 Å². The van der Waals surface area contributed by atoms with Crippen molar-refractivity contribution in [1.29, 1.82) is 0 Å². The summed E-state index contributed by atoms with van der Waals surface area (Å²) in [6, 6.07) is 0.350. The lowest BCUT2D eigenvalue weighted by Crippen LogP contribution is -2.20. The fourth-order valence-electron chi connectivity index (χ4n) is 1.20. The van der Waals surface area contributed by atoms with Crippen molar-refractivity contribution in [3.63, 3.8) is 0 Å². The van der Waals surface area contributed by atoms with E-state index in [1.807, 2.05) is 0 Å². The van der Waals surface area contributed by atoms with Crippen molar-refractivity contribution in [2.24, 2.45) is 0 Å². The van der Waals surface area contributed by atoms with Crippen LogP contribution < -0.4 is 4.74 Å². The van der Waals surface area contributed by atoms with Crippen LogP contribution in [0.3, 0.4) is 0 Å². The van der Waals surface area contributed by atoms with E-state index in [0.29, 0.717) is 6.07 Å². The van der Waals surface area contributed by atoms with Gasteiger partial charge in [0.2, 0.25) is 0 Å². The molecule has 1 rings (SSSR count). The maximum absolute atomic E-state index is 13.2. The molecule has 1 N–H and O–H groups in total. The first-order valence-electron chi connectivity index (χ1n) is 4.55. The summed E-state index contributed by atoms with van der Waals surface area (Å²) in [6.07, 6.45) is -9.77. The van der Waals surface area contributed by atoms with Crippen molar-refractivity contribution < 1.29 is 41.0 Å². The Morgan fingerprint density at radius 3 is 2.42 bits per heavy atom. The third kappa shape index (κ3) is 4.30. The lowest BCUT2D eigenvalue weighted by Gasteiger charge is -2.14. The smallest absolute Gasteiger partial charge is 0.481 e. The average Bonchev–Trinajstić information content (AvgIpc) is 2.18. The van der Waals surface area contributed by atoms with Crippen molar-refractivity contribution in [3.05, 3.63) is 23.3 Å². The molecule has 1 heterocycles. The molecule has 1 aromatic heterocycles. The third-order valence-electron chi connectivity index (χ3n) is 1.80. The zero-order valence-corrected chi connectivity index (χ0v) is 8.84. The minimum atomic E-state index is -5.37. The Bertz CT molecular complexity index is 488. The Kier molecular flexibility index (Phi) is 4.22. The molecule has 0 spiro atoms. The van der Waals surface area contributed by atoms with E-state index < -0.39 is 48.1 Å². The summed E-state index contributed by atoms with van der Waals surface area (Å²) < 4.78 is 77.1. The molecule has 0 atom stereocenters. The van der Waals surface area contributed by atoms with E-state index in [2.05, 4.69) is 9.72 Å². The molecule has 1 aromatic rings. The zero-order chi connectivity index (χ0) is 14.8. The Labute approximate surface area is 101 Å². The first kappa shape index (κ1) is 15.1. The van der Waals surface area contributed by atoms with Crippen LogP contribution in [0.15, 0.2) is 6.07 Å². The molecule has 0 saturated carbocycles. The standard InChI is InChI=1S/C9H5F6NO3/c10-7(11)4-1-3(2-5(17)18)16-8(12)6(4)19-9(13,14)15/h1,7H,2H2,(H,17,18). The van der Waals surface area contributed by atoms with E-state index in [1.165, 1.54) is 0 Å². The second-order valence-corrected chi connectivity index (χ2v) is 3.24. The summed E-state index contributed by atoms with van der Waals surface area (Å²) in [5, 5.41) is 8.38. The molecule has 0 unspecified atom stereocenters. The number of rotatable bonds is 4. The third-order valence-corrected chi connectivity index (χ3v) is 1.80. The molecule has 0 amide bonds. The zero-order valence-electron chi connectivity index (χ0n) is 8.84. The lowest BCUT2D eigenvalue weighted by atomic mass is 10.2. The number of carboxylic acid groups (broad SMARTS) is 1. The monoisotopic (exact) mass is 289 g/mol. The van der Waals surface area contributed by atoms with E-state index in [1.54, 1.807) is 0 Å². The van der Waals surface area contributed by atoms with Gasteiger partial charge in [0.25, 0.3) is 12.4 Å². The summed E-state index contributed by atoms with van der Waals surface area (Å²) in [7, 11) is 0. The molecule has 0 aromatic carbocycles. The summed E-state index contributed by atoms with van der Waals surface area (Å²) >= 11 is 0. The molecule has 10 heteroatoms. The second kappa shape index (κ2) is 5.33. The normalized spacial score (nSPS) is 11.7. The topological polar surface area (TPSA) is 59.4 Å². The molecular formula is C9H5F6NO3. The van der Waals surface area contributed by atoms with E-state index in [9.17, 15) is 31.1 Å². The molecule has 0 saturated heterocycles. The minimum absolute atomic E-state index is 0.350. The van der Waals surface area contributed by atoms with Crippen molar-refractivity contribution >= 4 is 5.97 Å². The Morgan fingerprint density at radius 1 is 1.42 bits per heavy atom. The molecule has 0 aliphatic carbocycles. The highest BCUT2D eigenvalue weighted by atomic mass is 19.4. The Morgan fingerprint density at radius 2 is 2.00 bits per heavy atom. The predicted octanol–water partition coefficient (Wildman–Crippen LogP) is 2.68. The number of nitrogens with zero attached hydrogens (tertiary/aromatic N) is 1. The van der Waals surface area contributed by atoms with Crippen LogP contribution in [0.2, 0.25) is 0 Å². The van der Waals surface area contributed by atoms with Crippen LogP contribution in [0.5, 0.6) is 5.75 Å². The number of halogens is 6. The van der Waals surface area contributed by atoms with Crippen molar-refractivity contribution in [3.8, 4) is 5.75 Å². The summed E-state index contributed by atoms with van der Waals surface area (Å²) in [4.78, 5) is 13.1. The maximum Gasteiger partial charge on any atom is 0.573 e. The van der Waals surface area contributed by atoms with Gasteiger partial charge in [-0.15, -0.1) is 13.2 Å². The quantitative estimate of drug-likeness (QED) is 0.684. The van der Waals surface area contributed by atoms with Crippen LogP contribution in [0.4, 0.5) is 26.3 Å². The van der Waals surface area contributed by atoms with Gasteiger partial charge in [-0.25, -0.2) is 13.8 Å². The fourth-order valence-corrected chi connectivity index (χ4v) is 1.20. The number of aliphatic carboxylic acids is 1. The van der Waals surface area contributed by atoms with E-state index in [0.717, 1.165) is 0 Å².